The Morgan fingerprint density at radius 3 is 2.88 bits per heavy atom. The molecule has 0 fully saturated rings. The van der Waals surface area contributed by atoms with Gasteiger partial charge in [0.1, 0.15) is 0 Å². The number of aliphatic hydroxyl groups excluding tert-OH is 1. The van der Waals surface area contributed by atoms with Crippen molar-refractivity contribution in [3.05, 3.63) is 28.2 Å². The molecule has 0 saturated carbocycles. The van der Waals surface area contributed by atoms with Gasteiger partial charge in [-0.15, -0.1) is 0 Å². The van der Waals surface area contributed by atoms with Gasteiger partial charge in [0.25, 0.3) is 5.91 Å². The van der Waals surface area contributed by atoms with Crippen LogP contribution in [0.25, 0.3) is 0 Å². The summed E-state index contributed by atoms with van der Waals surface area (Å²) in [6.07, 6.45) is 1.33. The molecule has 17 heavy (non-hydrogen) atoms. The molecule has 5 heteroatoms. The summed E-state index contributed by atoms with van der Waals surface area (Å²) in [5.74, 6) is -0.205. The van der Waals surface area contributed by atoms with Crippen LogP contribution in [0.2, 0.25) is 0 Å². The third-order valence-electron chi connectivity index (χ3n) is 2.57. The summed E-state index contributed by atoms with van der Waals surface area (Å²) in [5, 5.41) is 11.7. The Kier molecular flexibility index (Phi) is 5.44. The minimum absolute atomic E-state index is 0.0223. The van der Waals surface area contributed by atoms with Gasteiger partial charge in [0.05, 0.1) is 5.56 Å². The van der Waals surface area contributed by atoms with Gasteiger partial charge in [0.2, 0.25) is 0 Å². The van der Waals surface area contributed by atoms with Gasteiger partial charge in [-0.1, -0.05) is 22.9 Å². The molecule has 0 radical (unpaired) electrons. The molecule has 0 aromatic heterocycles. The Hall–Kier alpha value is -1.07. The second kappa shape index (κ2) is 6.61. The predicted molar refractivity (Wildman–Crippen MR) is 71.8 cm³/mol. The van der Waals surface area contributed by atoms with Gasteiger partial charge in [-0.2, -0.15) is 0 Å². The first-order chi connectivity index (χ1) is 8.08. The lowest BCUT2D eigenvalue weighted by Gasteiger charge is -2.16. The molecule has 0 aliphatic carbocycles. The molecule has 94 valence electrons. The average Bonchev–Trinajstić information content (AvgIpc) is 2.31. The van der Waals surface area contributed by atoms with E-state index in [-0.39, 0.29) is 18.6 Å². The van der Waals surface area contributed by atoms with E-state index in [1.165, 1.54) is 0 Å². The van der Waals surface area contributed by atoms with E-state index in [4.69, 9.17) is 10.8 Å². The van der Waals surface area contributed by atoms with Crippen LogP contribution in [0.3, 0.4) is 0 Å². The Morgan fingerprint density at radius 2 is 2.29 bits per heavy atom. The van der Waals surface area contributed by atoms with Crippen molar-refractivity contribution in [2.24, 2.45) is 0 Å². The fourth-order valence-electron chi connectivity index (χ4n) is 1.52. The molecule has 0 aliphatic rings. The summed E-state index contributed by atoms with van der Waals surface area (Å²) < 4.78 is 0.812. The number of anilines is 1. The van der Waals surface area contributed by atoms with E-state index >= 15 is 0 Å². The van der Waals surface area contributed by atoms with Crippen LogP contribution in [0.5, 0.6) is 0 Å². The zero-order valence-electron chi connectivity index (χ0n) is 9.74. The molecule has 1 aromatic carbocycles. The predicted octanol–water partition coefficient (Wildman–Crippen LogP) is 1.92. The van der Waals surface area contributed by atoms with Crippen molar-refractivity contribution < 1.29 is 9.90 Å². The minimum atomic E-state index is -0.205. The Balaban J connectivity index is 2.78. The highest BCUT2D eigenvalue weighted by molar-refractivity contribution is 9.10. The third kappa shape index (κ3) is 4.02. The van der Waals surface area contributed by atoms with E-state index in [2.05, 4.69) is 21.2 Å². The minimum Gasteiger partial charge on any atom is -0.398 e. The van der Waals surface area contributed by atoms with Crippen molar-refractivity contribution in [1.29, 1.82) is 0 Å². The van der Waals surface area contributed by atoms with Gasteiger partial charge in [0, 0.05) is 22.8 Å². The standard InChI is InChI=1S/C12H17BrN2O2/c1-2-9(5-6-16)15-12(17)10-7-8(13)3-4-11(10)14/h3-4,7,9,16H,2,5-6,14H2,1H3,(H,15,17). The molecule has 0 bridgehead atoms. The molecular weight excluding hydrogens is 284 g/mol. The topological polar surface area (TPSA) is 75.3 Å². The Bertz CT molecular complexity index is 396. The van der Waals surface area contributed by atoms with Crippen molar-refractivity contribution in [1.82, 2.24) is 5.32 Å². The van der Waals surface area contributed by atoms with Crippen molar-refractivity contribution in [2.75, 3.05) is 12.3 Å². The summed E-state index contributed by atoms with van der Waals surface area (Å²) in [4.78, 5) is 12.0. The van der Waals surface area contributed by atoms with Gasteiger partial charge in [-0.05, 0) is 31.0 Å². The number of carbonyl (C=O) groups is 1. The fraction of sp³-hybridized carbons (Fsp3) is 0.417. The smallest absolute Gasteiger partial charge is 0.253 e. The monoisotopic (exact) mass is 300 g/mol. The number of benzene rings is 1. The second-order valence-corrected chi connectivity index (χ2v) is 4.74. The average molecular weight is 301 g/mol. The third-order valence-corrected chi connectivity index (χ3v) is 3.06. The normalized spacial score (nSPS) is 12.2. The van der Waals surface area contributed by atoms with Gasteiger partial charge in [-0.25, -0.2) is 0 Å². The first-order valence-corrected chi connectivity index (χ1v) is 6.34. The molecule has 0 heterocycles. The first kappa shape index (κ1) is 14.0. The summed E-state index contributed by atoms with van der Waals surface area (Å²) in [7, 11) is 0. The van der Waals surface area contributed by atoms with E-state index < -0.39 is 0 Å². The van der Waals surface area contributed by atoms with Crippen LogP contribution < -0.4 is 11.1 Å². The first-order valence-electron chi connectivity index (χ1n) is 5.55. The molecule has 1 rings (SSSR count). The van der Waals surface area contributed by atoms with Gasteiger partial charge < -0.3 is 16.2 Å². The molecule has 4 N–H and O–H groups in total. The summed E-state index contributed by atoms with van der Waals surface area (Å²) in [6, 6.07) is 5.14. The molecule has 0 spiro atoms. The highest BCUT2D eigenvalue weighted by Gasteiger charge is 2.14. The zero-order chi connectivity index (χ0) is 12.8. The fourth-order valence-corrected chi connectivity index (χ4v) is 1.88. The van der Waals surface area contributed by atoms with E-state index in [1.54, 1.807) is 18.2 Å². The quantitative estimate of drug-likeness (QED) is 0.727. The van der Waals surface area contributed by atoms with Crippen LogP contribution in [0, 0.1) is 0 Å². The molecule has 1 unspecified atom stereocenters. The number of halogens is 1. The second-order valence-electron chi connectivity index (χ2n) is 3.82. The Labute approximate surface area is 109 Å². The number of nitrogens with one attached hydrogen (secondary N) is 1. The lowest BCUT2D eigenvalue weighted by Crippen LogP contribution is -2.35. The number of amides is 1. The number of nitrogen functional groups attached to an aromatic ring is 1. The number of hydrogen-bond acceptors (Lipinski definition) is 3. The van der Waals surface area contributed by atoms with Crippen molar-refractivity contribution in [2.45, 2.75) is 25.8 Å². The number of aliphatic hydroxyl groups is 1. The van der Waals surface area contributed by atoms with Gasteiger partial charge in [0.15, 0.2) is 0 Å². The van der Waals surface area contributed by atoms with Crippen LogP contribution in [0.1, 0.15) is 30.1 Å². The summed E-state index contributed by atoms with van der Waals surface area (Å²) in [6.45, 7) is 2.03. The molecule has 1 aromatic rings. The van der Waals surface area contributed by atoms with Crippen LogP contribution >= 0.6 is 15.9 Å². The lowest BCUT2D eigenvalue weighted by molar-refractivity contribution is 0.0930. The van der Waals surface area contributed by atoms with E-state index in [1.807, 2.05) is 6.92 Å². The van der Waals surface area contributed by atoms with Crippen LogP contribution in [-0.2, 0) is 0 Å². The van der Waals surface area contributed by atoms with Gasteiger partial charge >= 0.3 is 0 Å². The van der Waals surface area contributed by atoms with Crippen molar-refractivity contribution in [3.63, 3.8) is 0 Å². The maximum absolute atomic E-state index is 12.0. The lowest BCUT2D eigenvalue weighted by atomic mass is 10.1. The molecular formula is C12H17BrN2O2. The maximum Gasteiger partial charge on any atom is 0.253 e. The molecule has 0 aliphatic heterocycles. The highest BCUT2D eigenvalue weighted by atomic mass is 79.9. The highest BCUT2D eigenvalue weighted by Crippen LogP contribution is 2.18. The van der Waals surface area contributed by atoms with Crippen molar-refractivity contribution >= 4 is 27.5 Å². The van der Waals surface area contributed by atoms with Crippen LogP contribution in [0.4, 0.5) is 5.69 Å². The maximum atomic E-state index is 12.0. The summed E-state index contributed by atoms with van der Waals surface area (Å²) in [5.41, 5.74) is 6.65. The van der Waals surface area contributed by atoms with Gasteiger partial charge in [-0.3, -0.25) is 4.79 Å². The van der Waals surface area contributed by atoms with E-state index in [0.717, 1.165) is 10.9 Å². The SMILES string of the molecule is CCC(CCO)NC(=O)c1cc(Br)ccc1N. The molecule has 4 nitrogen and oxygen atoms in total. The molecule has 0 saturated heterocycles. The van der Waals surface area contributed by atoms with E-state index in [0.29, 0.717) is 17.7 Å². The number of hydrogen-bond donors (Lipinski definition) is 3. The molecule has 1 atom stereocenters. The number of carbonyl (C=O) groups excluding carboxylic acids is 1. The zero-order valence-corrected chi connectivity index (χ0v) is 11.3. The van der Waals surface area contributed by atoms with Crippen LogP contribution in [0.15, 0.2) is 22.7 Å². The van der Waals surface area contributed by atoms with Crippen LogP contribution in [-0.4, -0.2) is 23.7 Å². The van der Waals surface area contributed by atoms with E-state index in [9.17, 15) is 4.79 Å². The largest absolute Gasteiger partial charge is 0.398 e. The number of rotatable bonds is 5. The number of nitrogens with two attached hydrogens (primary N) is 1. The Morgan fingerprint density at radius 1 is 1.59 bits per heavy atom. The summed E-state index contributed by atoms with van der Waals surface area (Å²) >= 11 is 3.30. The molecule has 1 amide bonds. The van der Waals surface area contributed by atoms with Crippen molar-refractivity contribution in [3.8, 4) is 0 Å².